The summed E-state index contributed by atoms with van der Waals surface area (Å²) < 4.78 is 1.57. The Kier molecular flexibility index (Phi) is 5.73. The van der Waals surface area contributed by atoms with Gasteiger partial charge in [-0.3, -0.25) is 19.3 Å². The molecule has 0 radical (unpaired) electrons. The number of nitrogens with zero attached hydrogens (tertiary/aromatic N) is 3. The Morgan fingerprint density at radius 2 is 1.85 bits per heavy atom. The van der Waals surface area contributed by atoms with Crippen LogP contribution >= 0.6 is 0 Å². The van der Waals surface area contributed by atoms with Crippen LogP contribution in [0.2, 0.25) is 0 Å². The van der Waals surface area contributed by atoms with Gasteiger partial charge in [0.2, 0.25) is 11.8 Å². The molecule has 0 aliphatic rings. The Bertz CT molecular complexity index is 936. The molecular weight excluding hydrogens is 342 g/mol. The van der Waals surface area contributed by atoms with Crippen LogP contribution in [0.25, 0.3) is 6.08 Å². The zero-order valence-electron chi connectivity index (χ0n) is 14.7. The van der Waals surface area contributed by atoms with Gasteiger partial charge in [-0.25, -0.2) is 0 Å². The van der Waals surface area contributed by atoms with Gasteiger partial charge in [-0.1, -0.05) is 12.1 Å². The maximum atomic E-state index is 12.3. The van der Waals surface area contributed by atoms with E-state index in [1.165, 1.54) is 6.08 Å². The molecule has 1 unspecified atom stereocenters. The van der Waals surface area contributed by atoms with Gasteiger partial charge in [0.05, 0.1) is 5.69 Å². The molecule has 7 heteroatoms. The molecule has 0 spiro atoms. The summed E-state index contributed by atoms with van der Waals surface area (Å²) in [6.45, 7) is 1.76. The fourth-order valence-corrected chi connectivity index (χ4v) is 2.37. The van der Waals surface area contributed by atoms with E-state index < -0.39 is 6.04 Å². The minimum Gasteiger partial charge on any atom is -0.324 e. The molecule has 1 atom stereocenters. The van der Waals surface area contributed by atoms with Crippen molar-refractivity contribution in [3.63, 3.8) is 0 Å². The number of amides is 2. The molecule has 0 bridgehead atoms. The number of rotatable bonds is 6. The van der Waals surface area contributed by atoms with Crippen molar-refractivity contribution in [2.24, 2.45) is 0 Å². The van der Waals surface area contributed by atoms with E-state index in [0.29, 0.717) is 17.1 Å². The van der Waals surface area contributed by atoms with Crippen molar-refractivity contribution in [2.75, 3.05) is 10.6 Å². The summed E-state index contributed by atoms with van der Waals surface area (Å²) >= 11 is 0. The molecule has 27 heavy (non-hydrogen) atoms. The van der Waals surface area contributed by atoms with Gasteiger partial charge < -0.3 is 10.6 Å². The van der Waals surface area contributed by atoms with Crippen LogP contribution in [0.15, 0.2) is 73.2 Å². The monoisotopic (exact) mass is 361 g/mol. The van der Waals surface area contributed by atoms with Crippen LogP contribution in [0.3, 0.4) is 0 Å². The molecule has 0 fully saturated rings. The zero-order valence-corrected chi connectivity index (χ0v) is 14.7. The van der Waals surface area contributed by atoms with E-state index >= 15 is 0 Å². The van der Waals surface area contributed by atoms with Gasteiger partial charge in [0.15, 0.2) is 0 Å². The number of carbonyl (C=O) groups excluding carboxylic acids is 2. The van der Waals surface area contributed by atoms with Gasteiger partial charge in [-0.05, 0) is 49.4 Å². The summed E-state index contributed by atoms with van der Waals surface area (Å²) in [5.74, 6) is -0.480. The predicted octanol–water partition coefficient (Wildman–Crippen LogP) is 3.13. The number of benzene rings is 1. The zero-order chi connectivity index (χ0) is 19.1. The Morgan fingerprint density at radius 3 is 2.56 bits per heavy atom. The van der Waals surface area contributed by atoms with E-state index in [-0.39, 0.29) is 11.8 Å². The lowest BCUT2D eigenvalue weighted by molar-refractivity contribution is -0.119. The average Bonchev–Trinajstić information content (AvgIpc) is 3.21. The number of nitrogens with one attached hydrogen (secondary N) is 2. The first-order chi connectivity index (χ1) is 13.1. The summed E-state index contributed by atoms with van der Waals surface area (Å²) in [6.07, 6.45) is 8.06. The summed E-state index contributed by atoms with van der Waals surface area (Å²) in [4.78, 5) is 28.5. The number of pyridine rings is 1. The normalized spacial score (nSPS) is 11.9. The molecule has 2 N–H and O–H groups in total. The fourth-order valence-electron chi connectivity index (χ4n) is 2.37. The van der Waals surface area contributed by atoms with Crippen molar-refractivity contribution in [3.05, 3.63) is 78.9 Å². The Labute approximate surface area is 156 Å². The number of hydrogen-bond donors (Lipinski definition) is 2. The first-order valence-corrected chi connectivity index (χ1v) is 8.42. The van der Waals surface area contributed by atoms with E-state index in [0.717, 1.165) is 0 Å². The number of anilines is 2. The van der Waals surface area contributed by atoms with Crippen molar-refractivity contribution < 1.29 is 9.59 Å². The first-order valence-electron chi connectivity index (χ1n) is 8.42. The van der Waals surface area contributed by atoms with E-state index in [1.807, 2.05) is 12.1 Å². The minimum absolute atomic E-state index is 0.197. The van der Waals surface area contributed by atoms with Crippen LogP contribution < -0.4 is 10.6 Å². The van der Waals surface area contributed by atoms with E-state index in [2.05, 4.69) is 20.7 Å². The van der Waals surface area contributed by atoms with E-state index in [4.69, 9.17) is 0 Å². The maximum absolute atomic E-state index is 12.3. The van der Waals surface area contributed by atoms with Gasteiger partial charge in [0, 0.05) is 36.0 Å². The molecule has 1 aromatic carbocycles. The fraction of sp³-hybridized carbons (Fsp3) is 0.100. The van der Waals surface area contributed by atoms with Gasteiger partial charge in [0.1, 0.15) is 6.04 Å². The maximum Gasteiger partial charge on any atom is 0.248 e. The van der Waals surface area contributed by atoms with Gasteiger partial charge in [-0.2, -0.15) is 5.10 Å². The summed E-state index contributed by atoms with van der Waals surface area (Å²) in [5, 5.41) is 9.65. The smallest absolute Gasteiger partial charge is 0.248 e. The van der Waals surface area contributed by atoms with Crippen molar-refractivity contribution in [2.45, 2.75) is 13.0 Å². The molecule has 3 rings (SSSR count). The third kappa shape index (κ3) is 5.12. The highest BCUT2D eigenvalue weighted by Crippen LogP contribution is 2.17. The van der Waals surface area contributed by atoms with E-state index in [1.54, 1.807) is 72.7 Å². The third-order valence-electron chi connectivity index (χ3n) is 3.79. The highest BCUT2D eigenvalue weighted by molar-refractivity contribution is 6.02. The van der Waals surface area contributed by atoms with Crippen molar-refractivity contribution in [1.82, 2.24) is 14.8 Å². The highest BCUT2D eigenvalue weighted by atomic mass is 16.2. The molecular formula is C20H19N5O2. The largest absolute Gasteiger partial charge is 0.324 e. The standard InChI is InChI=1S/C20H19N5O2/c1-15(25-13-5-12-22-25)20(27)24-18-8-4-7-17(14-18)23-19(26)10-9-16-6-2-3-11-21-16/h2-15H,1H3,(H,23,26)(H,24,27). The molecule has 136 valence electrons. The van der Waals surface area contributed by atoms with Crippen molar-refractivity contribution in [3.8, 4) is 0 Å². The Balaban J connectivity index is 1.61. The number of hydrogen-bond acceptors (Lipinski definition) is 4. The number of aromatic nitrogens is 3. The van der Waals surface area contributed by atoms with Crippen LogP contribution in [0.5, 0.6) is 0 Å². The summed E-state index contributed by atoms with van der Waals surface area (Å²) in [5.41, 5.74) is 1.86. The van der Waals surface area contributed by atoms with Crippen LogP contribution in [0.4, 0.5) is 11.4 Å². The topological polar surface area (TPSA) is 88.9 Å². The van der Waals surface area contributed by atoms with Crippen LogP contribution in [-0.4, -0.2) is 26.6 Å². The van der Waals surface area contributed by atoms with Crippen molar-refractivity contribution in [1.29, 1.82) is 0 Å². The van der Waals surface area contributed by atoms with E-state index in [9.17, 15) is 9.59 Å². The minimum atomic E-state index is -0.445. The highest BCUT2D eigenvalue weighted by Gasteiger charge is 2.15. The average molecular weight is 361 g/mol. The molecule has 0 aliphatic carbocycles. The summed E-state index contributed by atoms with van der Waals surface area (Å²) in [7, 11) is 0. The lowest BCUT2D eigenvalue weighted by Crippen LogP contribution is -2.24. The quantitative estimate of drug-likeness (QED) is 0.660. The number of carbonyl (C=O) groups is 2. The second-order valence-corrected chi connectivity index (χ2v) is 5.81. The van der Waals surface area contributed by atoms with Gasteiger partial charge in [-0.15, -0.1) is 0 Å². The van der Waals surface area contributed by atoms with Gasteiger partial charge in [0.25, 0.3) is 0 Å². The van der Waals surface area contributed by atoms with Crippen LogP contribution in [-0.2, 0) is 9.59 Å². The molecule has 2 heterocycles. The Morgan fingerprint density at radius 1 is 1.04 bits per heavy atom. The molecule has 2 aromatic heterocycles. The molecule has 0 saturated carbocycles. The van der Waals surface area contributed by atoms with Gasteiger partial charge >= 0.3 is 0 Å². The molecule has 0 saturated heterocycles. The SMILES string of the molecule is CC(C(=O)Nc1cccc(NC(=O)C=Cc2ccccn2)c1)n1cccn1. The second kappa shape index (κ2) is 8.57. The lowest BCUT2D eigenvalue weighted by atomic mass is 10.2. The lowest BCUT2D eigenvalue weighted by Gasteiger charge is -2.13. The first kappa shape index (κ1) is 18.1. The molecule has 0 aliphatic heterocycles. The third-order valence-corrected chi connectivity index (χ3v) is 3.79. The molecule has 2 amide bonds. The van der Waals surface area contributed by atoms with Crippen molar-refractivity contribution >= 4 is 29.3 Å². The molecule has 3 aromatic rings. The van der Waals surface area contributed by atoms with Crippen LogP contribution in [0, 0.1) is 0 Å². The predicted molar refractivity (Wildman–Crippen MR) is 104 cm³/mol. The second-order valence-electron chi connectivity index (χ2n) is 5.81. The Hall–Kier alpha value is -3.74. The van der Waals surface area contributed by atoms with Crippen LogP contribution in [0.1, 0.15) is 18.7 Å². The summed E-state index contributed by atoms with van der Waals surface area (Å²) in [6, 6.07) is 13.7. The molecule has 7 nitrogen and oxygen atoms in total.